The van der Waals surface area contributed by atoms with Crippen LogP contribution in [0.1, 0.15) is 19.3 Å². The van der Waals surface area contributed by atoms with E-state index in [1.165, 1.54) is 6.42 Å². The first-order valence-electron chi connectivity index (χ1n) is 6.28. The third-order valence-corrected chi connectivity index (χ3v) is 3.55. The molecule has 0 bridgehead atoms. The van der Waals surface area contributed by atoms with E-state index in [4.69, 9.17) is 9.47 Å². The summed E-state index contributed by atoms with van der Waals surface area (Å²) >= 11 is 0. The molecule has 1 aromatic rings. The molecule has 3 rings (SSSR count). The number of nitrogens with one attached hydrogen (secondary N) is 1. The lowest BCUT2D eigenvalue weighted by Crippen LogP contribution is -2.45. The van der Waals surface area contributed by atoms with E-state index in [9.17, 15) is 0 Å². The van der Waals surface area contributed by atoms with Crippen molar-refractivity contribution in [3.63, 3.8) is 0 Å². The van der Waals surface area contributed by atoms with Crippen molar-refractivity contribution in [2.45, 2.75) is 31.0 Å². The molecule has 3 heterocycles. The molecule has 2 saturated heterocycles. The highest BCUT2D eigenvalue weighted by Crippen LogP contribution is 2.33. The highest BCUT2D eigenvalue weighted by molar-refractivity contribution is 5.16. The molecule has 0 aromatic carbocycles. The zero-order valence-electron chi connectivity index (χ0n) is 9.89. The van der Waals surface area contributed by atoms with Gasteiger partial charge in [0.1, 0.15) is 11.9 Å². The van der Waals surface area contributed by atoms with Crippen LogP contribution in [0.2, 0.25) is 0 Å². The van der Waals surface area contributed by atoms with Crippen LogP contribution in [0, 0.1) is 0 Å². The molecule has 92 valence electrons. The Balaban J connectivity index is 1.60. The lowest BCUT2D eigenvalue weighted by molar-refractivity contribution is -0.0153. The number of ether oxygens (including phenoxy) is 2. The zero-order chi connectivity index (χ0) is 11.6. The van der Waals surface area contributed by atoms with Gasteiger partial charge in [-0.1, -0.05) is 0 Å². The first-order chi connectivity index (χ1) is 8.36. The Morgan fingerprint density at radius 2 is 2.53 bits per heavy atom. The quantitative estimate of drug-likeness (QED) is 0.839. The second kappa shape index (κ2) is 4.63. The van der Waals surface area contributed by atoms with Crippen molar-refractivity contribution < 1.29 is 9.47 Å². The van der Waals surface area contributed by atoms with Crippen LogP contribution in [-0.2, 0) is 4.74 Å². The van der Waals surface area contributed by atoms with Crippen LogP contribution < -0.4 is 10.1 Å². The average Bonchev–Trinajstić information content (AvgIpc) is 2.74. The minimum Gasteiger partial charge on any atom is -0.486 e. The van der Waals surface area contributed by atoms with Gasteiger partial charge in [0, 0.05) is 19.2 Å². The number of piperidine rings is 1. The van der Waals surface area contributed by atoms with E-state index in [1.54, 1.807) is 12.4 Å². The Morgan fingerprint density at radius 1 is 1.53 bits per heavy atom. The Hall–Kier alpha value is -1.13. The van der Waals surface area contributed by atoms with Crippen LogP contribution in [0.4, 0.5) is 0 Å². The molecule has 1 N–H and O–H groups in total. The summed E-state index contributed by atoms with van der Waals surface area (Å²) in [6.07, 6.45) is 7.00. The maximum absolute atomic E-state index is 5.96. The fourth-order valence-electron chi connectivity index (χ4n) is 2.73. The topological polar surface area (TPSA) is 43.4 Å². The fourth-order valence-corrected chi connectivity index (χ4v) is 2.73. The van der Waals surface area contributed by atoms with Gasteiger partial charge >= 0.3 is 0 Å². The SMILES string of the molecule is c1cncc(O[C@@H]2CO[C@@]3(CCCNC3)C2)c1. The van der Waals surface area contributed by atoms with Crippen molar-refractivity contribution >= 4 is 0 Å². The van der Waals surface area contributed by atoms with Gasteiger partial charge in [-0.2, -0.15) is 0 Å². The van der Waals surface area contributed by atoms with E-state index in [0.717, 1.165) is 31.7 Å². The lowest BCUT2D eigenvalue weighted by atomic mass is 9.90. The van der Waals surface area contributed by atoms with Crippen LogP contribution in [0.5, 0.6) is 5.75 Å². The van der Waals surface area contributed by atoms with E-state index < -0.39 is 0 Å². The number of pyridine rings is 1. The Labute approximate surface area is 101 Å². The predicted molar refractivity (Wildman–Crippen MR) is 64.1 cm³/mol. The molecule has 0 amide bonds. The molecule has 2 aliphatic heterocycles. The molecule has 1 aromatic heterocycles. The number of hydrogen-bond acceptors (Lipinski definition) is 4. The Morgan fingerprint density at radius 3 is 3.29 bits per heavy atom. The third-order valence-electron chi connectivity index (χ3n) is 3.55. The normalized spacial score (nSPS) is 32.8. The number of aromatic nitrogens is 1. The number of rotatable bonds is 2. The first-order valence-corrected chi connectivity index (χ1v) is 6.28. The van der Waals surface area contributed by atoms with Crippen molar-refractivity contribution in [1.82, 2.24) is 10.3 Å². The van der Waals surface area contributed by atoms with Crippen molar-refractivity contribution in [1.29, 1.82) is 0 Å². The summed E-state index contributed by atoms with van der Waals surface area (Å²) in [4.78, 5) is 4.05. The van der Waals surface area contributed by atoms with Gasteiger partial charge in [0.05, 0.1) is 18.4 Å². The highest BCUT2D eigenvalue weighted by atomic mass is 16.6. The van der Waals surface area contributed by atoms with Gasteiger partial charge in [-0.15, -0.1) is 0 Å². The molecule has 0 radical (unpaired) electrons. The Bertz CT molecular complexity index is 363. The Kier molecular flexibility index (Phi) is 2.99. The molecule has 1 spiro atoms. The largest absolute Gasteiger partial charge is 0.486 e. The summed E-state index contributed by atoms with van der Waals surface area (Å²) in [5.41, 5.74) is 0.0190. The van der Waals surface area contributed by atoms with Gasteiger partial charge in [0.15, 0.2) is 0 Å². The van der Waals surface area contributed by atoms with E-state index >= 15 is 0 Å². The van der Waals surface area contributed by atoms with Crippen LogP contribution in [-0.4, -0.2) is 36.4 Å². The predicted octanol–water partition coefficient (Wildman–Crippen LogP) is 1.37. The third kappa shape index (κ3) is 2.42. The second-order valence-electron chi connectivity index (χ2n) is 4.91. The highest BCUT2D eigenvalue weighted by Gasteiger charge is 2.42. The monoisotopic (exact) mass is 234 g/mol. The minimum atomic E-state index is 0.0190. The summed E-state index contributed by atoms with van der Waals surface area (Å²) in [6.45, 7) is 2.76. The summed E-state index contributed by atoms with van der Waals surface area (Å²) in [6, 6.07) is 3.83. The number of hydrogen-bond donors (Lipinski definition) is 1. The molecular weight excluding hydrogens is 216 g/mol. The summed E-state index contributed by atoms with van der Waals surface area (Å²) < 4.78 is 11.8. The summed E-state index contributed by atoms with van der Waals surface area (Å²) in [7, 11) is 0. The molecule has 2 fully saturated rings. The molecule has 0 unspecified atom stereocenters. The van der Waals surface area contributed by atoms with Gasteiger partial charge in [-0.3, -0.25) is 4.98 Å². The molecule has 4 heteroatoms. The van der Waals surface area contributed by atoms with Crippen LogP contribution in [0.15, 0.2) is 24.5 Å². The molecule has 0 saturated carbocycles. The van der Waals surface area contributed by atoms with Crippen LogP contribution in [0.3, 0.4) is 0 Å². The van der Waals surface area contributed by atoms with Gasteiger partial charge < -0.3 is 14.8 Å². The van der Waals surface area contributed by atoms with E-state index in [0.29, 0.717) is 6.61 Å². The zero-order valence-corrected chi connectivity index (χ0v) is 9.89. The van der Waals surface area contributed by atoms with Gasteiger partial charge in [-0.25, -0.2) is 0 Å². The van der Waals surface area contributed by atoms with Gasteiger partial charge in [0.25, 0.3) is 0 Å². The molecule has 2 aliphatic rings. The van der Waals surface area contributed by atoms with Crippen molar-refractivity contribution in [3.8, 4) is 5.75 Å². The van der Waals surface area contributed by atoms with Crippen molar-refractivity contribution in [3.05, 3.63) is 24.5 Å². The maximum Gasteiger partial charge on any atom is 0.138 e. The fraction of sp³-hybridized carbons (Fsp3) is 0.615. The summed E-state index contributed by atoms with van der Waals surface area (Å²) in [5.74, 6) is 0.835. The van der Waals surface area contributed by atoms with E-state index in [2.05, 4.69) is 10.3 Å². The van der Waals surface area contributed by atoms with E-state index in [-0.39, 0.29) is 11.7 Å². The first kappa shape index (κ1) is 11.0. The molecular formula is C13H18N2O2. The molecule has 2 atom stereocenters. The summed E-state index contributed by atoms with van der Waals surface area (Å²) in [5, 5.41) is 3.41. The van der Waals surface area contributed by atoms with Crippen LogP contribution >= 0.6 is 0 Å². The average molecular weight is 234 g/mol. The maximum atomic E-state index is 5.96. The lowest BCUT2D eigenvalue weighted by Gasteiger charge is -2.32. The van der Waals surface area contributed by atoms with Crippen LogP contribution in [0.25, 0.3) is 0 Å². The molecule has 4 nitrogen and oxygen atoms in total. The van der Waals surface area contributed by atoms with E-state index in [1.807, 2.05) is 12.1 Å². The van der Waals surface area contributed by atoms with Gasteiger partial charge in [0.2, 0.25) is 0 Å². The second-order valence-corrected chi connectivity index (χ2v) is 4.91. The van der Waals surface area contributed by atoms with Crippen molar-refractivity contribution in [2.75, 3.05) is 19.7 Å². The standard InChI is InChI=1S/C13H18N2O2/c1-3-11(8-14-5-1)17-12-7-13(16-9-12)4-2-6-15-10-13/h1,3,5,8,12,15H,2,4,6-7,9-10H2/t12-,13-/m0/s1. The minimum absolute atomic E-state index is 0.0190. The van der Waals surface area contributed by atoms with Gasteiger partial charge in [-0.05, 0) is 31.5 Å². The number of nitrogens with zero attached hydrogens (tertiary/aromatic N) is 1. The molecule has 0 aliphatic carbocycles. The molecule has 17 heavy (non-hydrogen) atoms. The smallest absolute Gasteiger partial charge is 0.138 e. The van der Waals surface area contributed by atoms with Crippen molar-refractivity contribution in [2.24, 2.45) is 0 Å².